The third-order valence-electron chi connectivity index (χ3n) is 9.64. The highest BCUT2D eigenvalue weighted by Crippen LogP contribution is 2.33. The van der Waals surface area contributed by atoms with Crippen LogP contribution in [0.25, 0.3) is 0 Å². The number of carbonyl (C=O) groups is 5. The second kappa shape index (κ2) is 15.6. The van der Waals surface area contributed by atoms with E-state index >= 15 is 0 Å². The van der Waals surface area contributed by atoms with E-state index in [2.05, 4.69) is 54.2 Å². The van der Waals surface area contributed by atoms with Gasteiger partial charge in [0.15, 0.2) is 0 Å². The van der Waals surface area contributed by atoms with E-state index in [9.17, 15) is 28.8 Å². The van der Waals surface area contributed by atoms with Gasteiger partial charge in [0.1, 0.15) is 10.5 Å². The quantitative estimate of drug-likeness (QED) is 0.159. The number of aryl methyl sites for hydroxylation is 1. The molecule has 6 rings (SSSR count). The van der Waals surface area contributed by atoms with E-state index < -0.39 is 29.7 Å². The number of likely N-dealkylation sites (N-methyl/N-ethyl adjacent to an activating group) is 1. The summed E-state index contributed by atoms with van der Waals surface area (Å²) in [5.41, 5.74) is 3.23. The zero-order valence-corrected chi connectivity index (χ0v) is 30.1. The van der Waals surface area contributed by atoms with Crippen molar-refractivity contribution in [3.63, 3.8) is 0 Å². The molecule has 14 nitrogen and oxygen atoms in total. The molecule has 0 bridgehead atoms. The number of nitrogens with one attached hydrogen (secondary N) is 4. The maximum Gasteiger partial charge on any atom is 0.282 e. The Hall–Kier alpha value is -4.89. The van der Waals surface area contributed by atoms with Crippen LogP contribution in [0.2, 0.25) is 0 Å². The molecule has 2 aromatic carbocycles. The molecule has 2 saturated heterocycles. The standard InChI is InChI=1S/C36H41BrN8O6/c1-43-19-23(17-24(20-43)41-27-18-40-44(2)36(51)31(27)37)21-9-11-22(12-10-21)32(47)39-16-5-3-4-15-38-26-8-6-7-25-30(26)35(50)45(34(25)49)28-13-14-29(46)42-33(28)48/h6-12,18,23-24,28,38,41H,3-5,13-17,19-20H2,1-2H3,(H,39,47)(H,42,46,48)/t23-,24+,28?/m1/s1. The normalized spacial score (nSPS) is 20.6. The van der Waals surface area contributed by atoms with Gasteiger partial charge in [-0.05, 0) is 90.8 Å². The van der Waals surface area contributed by atoms with E-state index in [4.69, 9.17) is 0 Å². The number of amides is 5. The number of hydrogen-bond donors (Lipinski definition) is 4. The van der Waals surface area contributed by atoms with Crippen LogP contribution in [0.4, 0.5) is 11.4 Å². The van der Waals surface area contributed by atoms with Crippen molar-refractivity contribution in [2.45, 2.75) is 56.5 Å². The number of nitrogens with zero attached hydrogens (tertiary/aromatic N) is 4. The summed E-state index contributed by atoms with van der Waals surface area (Å²) >= 11 is 3.40. The lowest BCUT2D eigenvalue weighted by Crippen LogP contribution is -2.54. The van der Waals surface area contributed by atoms with Crippen molar-refractivity contribution in [2.75, 3.05) is 43.9 Å². The van der Waals surface area contributed by atoms with Gasteiger partial charge < -0.3 is 20.9 Å². The molecular weight excluding hydrogens is 720 g/mol. The zero-order chi connectivity index (χ0) is 36.2. The molecule has 0 aliphatic carbocycles. The zero-order valence-electron chi connectivity index (χ0n) is 28.5. The number of likely N-dealkylation sites (tertiary alicyclic amines) is 1. The van der Waals surface area contributed by atoms with E-state index in [0.29, 0.717) is 34.5 Å². The van der Waals surface area contributed by atoms with Crippen LogP contribution in [-0.2, 0) is 16.6 Å². The fourth-order valence-electron chi connectivity index (χ4n) is 7.02. The number of unbranched alkanes of at least 4 members (excludes halogenated alkanes) is 2. The van der Waals surface area contributed by atoms with Crippen LogP contribution < -0.4 is 26.8 Å². The van der Waals surface area contributed by atoms with Gasteiger partial charge in [0, 0.05) is 56.9 Å². The Bertz CT molecular complexity index is 1910. The molecule has 0 radical (unpaired) electrons. The number of piperidine rings is 2. The van der Waals surface area contributed by atoms with Crippen LogP contribution in [0.1, 0.15) is 81.1 Å². The number of fused-ring (bicyclic) bond motifs is 1. The maximum absolute atomic E-state index is 13.3. The average molecular weight is 762 g/mol. The molecule has 268 valence electrons. The molecule has 3 atom stereocenters. The Morgan fingerprint density at radius 2 is 1.71 bits per heavy atom. The summed E-state index contributed by atoms with van der Waals surface area (Å²) in [6, 6.07) is 11.9. The first-order valence-corrected chi connectivity index (χ1v) is 17.9. The number of rotatable bonds is 12. The number of halogens is 1. The van der Waals surface area contributed by atoms with Crippen molar-refractivity contribution in [1.82, 2.24) is 30.2 Å². The topological polar surface area (TPSA) is 175 Å². The number of carbonyl (C=O) groups excluding carboxylic acids is 5. The largest absolute Gasteiger partial charge is 0.384 e. The maximum atomic E-state index is 13.3. The molecular formula is C36H41BrN8O6. The van der Waals surface area contributed by atoms with Gasteiger partial charge in [0.25, 0.3) is 23.3 Å². The lowest BCUT2D eigenvalue weighted by atomic mass is 9.87. The summed E-state index contributed by atoms with van der Waals surface area (Å²) in [4.78, 5) is 78.6. The molecule has 3 aliphatic heterocycles. The molecule has 51 heavy (non-hydrogen) atoms. The molecule has 2 fully saturated rings. The SMILES string of the molecule is CN1C[C@@H](Nc2cnn(C)c(=O)c2Br)C[C@@H](c2ccc(C(=O)NCCCCCNc3cccc4c3C(=O)N(C3CCC(=O)NC3=O)C4=O)cc2)C1. The van der Waals surface area contributed by atoms with Crippen LogP contribution in [0, 0.1) is 0 Å². The summed E-state index contributed by atoms with van der Waals surface area (Å²) in [6.45, 7) is 2.78. The average Bonchev–Trinajstić information content (AvgIpc) is 3.37. The second-order valence-electron chi connectivity index (χ2n) is 13.3. The van der Waals surface area contributed by atoms with Gasteiger partial charge in [-0.15, -0.1) is 0 Å². The number of benzene rings is 2. The first-order chi connectivity index (χ1) is 24.5. The fourth-order valence-corrected chi connectivity index (χ4v) is 7.49. The predicted molar refractivity (Wildman–Crippen MR) is 194 cm³/mol. The van der Waals surface area contributed by atoms with Gasteiger partial charge in [0.2, 0.25) is 11.8 Å². The molecule has 5 amide bonds. The Balaban J connectivity index is 0.934. The molecule has 0 saturated carbocycles. The Labute approximate surface area is 303 Å². The minimum absolute atomic E-state index is 0.0673. The van der Waals surface area contributed by atoms with Crippen LogP contribution in [0.15, 0.2) is 57.9 Å². The third kappa shape index (κ3) is 7.89. The molecule has 4 N–H and O–H groups in total. The number of imide groups is 2. The molecule has 0 spiro atoms. The number of hydrogen-bond acceptors (Lipinski definition) is 10. The van der Waals surface area contributed by atoms with Crippen molar-refractivity contribution >= 4 is 56.8 Å². The second-order valence-corrected chi connectivity index (χ2v) is 14.1. The van der Waals surface area contributed by atoms with E-state index in [0.717, 1.165) is 49.2 Å². The Kier molecular flexibility index (Phi) is 11.0. The fraction of sp³-hybridized carbons (Fsp3) is 0.417. The lowest BCUT2D eigenvalue weighted by molar-refractivity contribution is -0.136. The van der Waals surface area contributed by atoms with Crippen molar-refractivity contribution in [1.29, 1.82) is 0 Å². The Morgan fingerprint density at radius 3 is 2.47 bits per heavy atom. The summed E-state index contributed by atoms with van der Waals surface area (Å²) in [5, 5.41) is 16.1. The highest BCUT2D eigenvalue weighted by molar-refractivity contribution is 9.10. The summed E-state index contributed by atoms with van der Waals surface area (Å²) in [7, 11) is 3.69. The lowest BCUT2D eigenvalue weighted by Gasteiger charge is -2.37. The van der Waals surface area contributed by atoms with Gasteiger partial charge in [-0.25, -0.2) is 4.68 Å². The van der Waals surface area contributed by atoms with Crippen molar-refractivity contribution in [3.05, 3.63) is 85.7 Å². The van der Waals surface area contributed by atoms with Gasteiger partial charge in [-0.1, -0.05) is 18.2 Å². The molecule has 1 unspecified atom stereocenters. The highest BCUT2D eigenvalue weighted by Gasteiger charge is 2.45. The molecule has 1 aromatic heterocycles. The first-order valence-electron chi connectivity index (χ1n) is 17.1. The summed E-state index contributed by atoms with van der Waals surface area (Å²) in [5.74, 6) is -2.01. The van der Waals surface area contributed by atoms with Crippen molar-refractivity contribution in [2.24, 2.45) is 7.05 Å². The van der Waals surface area contributed by atoms with E-state index in [1.807, 2.05) is 24.3 Å². The molecule has 15 heteroatoms. The van der Waals surface area contributed by atoms with Crippen molar-refractivity contribution in [3.8, 4) is 0 Å². The van der Waals surface area contributed by atoms with E-state index in [1.54, 1.807) is 31.4 Å². The Morgan fingerprint density at radius 1 is 0.941 bits per heavy atom. The monoisotopic (exact) mass is 760 g/mol. The van der Waals surface area contributed by atoms with Crippen LogP contribution in [0.3, 0.4) is 0 Å². The molecule has 4 heterocycles. The minimum atomic E-state index is -1.01. The smallest absolute Gasteiger partial charge is 0.282 e. The van der Waals surface area contributed by atoms with Crippen LogP contribution >= 0.6 is 15.9 Å². The summed E-state index contributed by atoms with van der Waals surface area (Å²) in [6.07, 6.45) is 5.06. The third-order valence-corrected chi connectivity index (χ3v) is 10.4. The first kappa shape index (κ1) is 35.9. The predicted octanol–water partition coefficient (Wildman–Crippen LogP) is 2.86. The van der Waals surface area contributed by atoms with Gasteiger partial charge in [-0.3, -0.25) is 39.0 Å². The van der Waals surface area contributed by atoms with Gasteiger partial charge >= 0.3 is 0 Å². The molecule has 3 aliphatic rings. The minimum Gasteiger partial charge on any atom is -0.384 e. The van der Waals surface area contributed by atoms with E-state index in [-0.39, 0.29) is 47.4 Å². The number of anilines is 2. The highest BCUT2D eigenvalue weighted by atomic mass is 79.9. The summed E-state index contributed by atoms with van der Waals surface area (Å²) < 4.78 is 1.75. The molecule has 3 aromatic rings. The van der Waals surface area contributed by atoms with Crippen LogP contribution in [-0.4, -0.2) is 94.4 Å². The van der Waals surface area contributed by atoms with Crippen LogP contribution in [0.5, 0.6) is 0 Å². The number of aromatic nitrogens is 2. The van der Waals surface area contributed by atoms with Gasteiger partial charge in [0.05, 0.1) is 23.0 Å². The van der Waals surface area contributed by atoms with Crippen molar-refractivity contribution < 1.29 is 24.0 Å². The van der Waals surface area contributed by atoms with E-state index in [1.165, 1.54) is 4.68 Å². The van der Waals surface area contributed by atoms with Gasteiger partial charge in [-0.2, -0.15) is 5.10 Å².